The highest BCUT2D eigenvalue weighted by molar-refractivity contribution is 7.11. The summed E-state index contributed by atoms with van der Waals surface area (Å²) in [5, 5.41) is 6.68. The van der Waals surface area contributed by atoms with Crippen molar-refractivity contribution in [2.24, 2.45) is 4.99 Å². The molecule has 0 amide bonds. The molecule has 0 atom stereocenters. The number of thiophene rings is 1. The molecule has 0 aliphatic rings. The molecule has 1 heterocycles. The lowest BCUT2D eigenvalue weighted by Crippen LogP contribution is -2.41. The number of methoxy groups -OCH3 is 1. The van der Waals surface area contributed by atoms with Crippen LogP contribution in [0.25, 0.3) is 0 Å². The Hall–Kier alpha value is -1.11. The molecule has 1 aromatic heterocycles. The van der Waals surface area contributed by atoms with Crippen molar-refractivity contribution in [2.75, 3.05) is 46.9 Å². The predicted molar refractivity (Wildman–Crippen MR) is 95.9 cm³/mol. The van der Waals surface area contributed by atoms with Gasteiger partial charge in [-0.15, -0.1) is 11.3 Å². The fraction of sp³-hybridized carbons (Fsp3) is 0.688. The van der Waals surface area contributed by atoms with Crippen LogP contribution in [-0.4, -0.2) is 57.8 Å². The fourth-order valence-electron chi connectivity index (χ4n) is 2.02. The minimum absolute atomic E-state index is 0.734. The lowest BCUT2D eigenvalue weighted by atomic mass is 10.4. The standard InChI is InChI=1S/C16H30N4OS/c1-5-17-16(19-13-15-8-7-14(2)22-15)18-9-11-20(3)10-6-12-21-4/h7-8H,5-6,9-13H2,1-4H3,(H2,17,18,19). The second-order valence-corrected chi connectivity index (χ2v) is 6.66. The van der Waals surface area contributed by atoms with Crippen LogP contribution in [0.5, 0.6) is 0 Å². The zero-order valence-electron chi connectivity index (χ0n) is 14.3. The molecular formula is C16H30N4OS. The molecule has 0 spiro atoms. The van der Waals surface area contributed by atoms with E-state index in [9.17, 15) is 0 Å². The lowest BCUT2D eigenvalue weighted by molar-refractivity contribution is 0.180. The average Bonchev–Trinajstić information content (AvgIpc) is 2.91. The Balaban J connectivity index is 2.30. The molecule has 0 aliphatic carbocycles. The van der Waals surface area contributed by atoms with Gasteiger partial charge in [-0.3, -0.25) is 0 Å². The molecule has 22 heavy (non-hydrogen) atoms. The Morgan fingerprint density at radius 1 is 1.32 bits per heavy atom. The maximum atomic E-state index is 5.07. The quantitative estimate of drug-likeness (QED) is 0.393. The second kappa shape index (κ2) is 11.5. The summed E-state index contributed by atoms with van der Waals surface area (Å²) in [6, 6.07) is 4.29. The van der Waals surface area contributed by atoms with Gasteiger partial charge in [0.1, 0.15) is 0 Å². The van der Waals surface area contributed by atoms with E-state index < -0.39 is 0 Å². The van der Waals surface area contributed by atoms with Gasteiger partial charge in [-0.1, -0.05) is 0 Å². The third kappa shape index (κ3) is 8.36. The molecule has 0 saturated heterocycles. The van der Waals surface area contributed by atoms with E-state index in [1.165, 1.54) is 9.75 Å². The summed E-state index contributed by atoms with van der Waals surface area (Å²) < 4.78 is 5.07. The minimum atomic E-state index is 0.734. The zero-order chi connectivity index (χ0) is 16.2. The number of hydrogen-bond acceptors (Lipinski definition) is 4. The van der Waals surface area contributed by atoms with Crippen LogP contribution in [0, 0.1) is 6.92 Å². The van der Waals surface area contributed by atoms with E-state index in [0.29, 0.717) is 0 Å². The number of nitrogens with zero attached hydrogens (tertiary/aromatic N) is 2. The highest BCUT2D eigenvalue weighted by atomic mass is 32.1. The Morgan fingerprint density at radius 2 is 2.14 bits per heavy atom. The maximum Gasteiger partial charge on any atom is 0.191 e. The number of nitrogens with one attached hydrogen (secondary N) is 2. The lowest BCUT2D eigenvalue weighted by Gasteiger charge is -2.18. The largest absolute Gasteiger partial charge is 0.385 e. The summed E-state index contributed by atoms with van der Waals surface area (Å²) in [7, 11) is 3.88. The first-order valence-corrected chi connectivity index (χ1v) is 8.72. The molecule has 0 aliphatic heterocycles. The molecule has 0 fully saturated rings. The SMILES string of the molecule is CCNC(=NCc1ccc(C)s1)NCCN(C)CCCOC. The smallest absolute Gasteiger partial charge is 0.191 e. The highest BCUT2D eigenvalue weighted by Crippen LogP contribution is 2.15. The van der Waals surface area contributed by atoms with E-state index in [1.54, 1.807) is 18.4 Å². The molecule has 0 unspecified atom stereocenters. The van der Waals surface area contributed by atoms with Crippen LogP contribution < -0.4 is 10.6 Å². The second-order valence-electron chi connectivity index (χ2n) is 5.28. The molecule has 0 radical (unpaired) electrons. The molecule has 0 aromatic carbocycles. The number of aliphatic imine (C=N–C) groups is 1. The van der Waals surface area contributed by atoms with Crippen LogP contribution in [-0.2, 0) is 11.3 Å². The Morgan fingerprint density at radius 3 is 2.77 bits per heavy atom. The monoisotopic (exact) mass is 326 g/mol. The highest BCUT2D eigenvalue weighted by Gasteiger charge is 2.01. The molecule has 0 bridgehead atoms. The van der Waals surface area contributed by atoms with E-state index in [1.807, 2.05) is 0 Å². The molecule has 5 nitrogen and oxygen atoms in total. The first-order valence-electron chi connectivity index (χ1n) is 7.90. The van der Waals surface area contributed by atoms with Crippen LogP contribution in [0.1, 0.15) is 23.1 Å². The fourth-order valence-corrected chi connectivity index (χ4v) is 2.84. The van der Waals surface area contributed by atoms with Crippen LogP contribution >= 0.6 is 11.3 Å². The number of guanidine groups is 1. The van der Waals surface area contributed by atoms with E-state index in [2.05, 4.69) is 53.6 Å². The Bertz CT molecular complexity index is 434. The maximum absolute atomic E-state index is 5.07. The number of hydrogen-bond donors (Lipinski definition) is 2. The van der Waals surface area contributed by atoms with E-state index >= 15 is 0 Å². The normalized spacial score (nSPS) is 12.0. The summed E-state index contributed by atoms with van der Waals surface area (Å²) in [6.07, 6.45) is 1.07. The molecule has 126 valence electrons. The van der Waals surface area contributed by atoms with Crippen molar-refractivity contribution in [3.8, 4) is 0 Å². The van der Waals surface area contributed by atoms with Crippen molar-refractivity contribution in [3.05, 3.63) is 21.9 Å². The number of ether oxygens (including phenoxy) is 1. The summed E-state index contributed by atoms with van der Waals surface area (Å²) in [5.41, 5.74) is 0. The van der Waals surface area contributed by atoms with Gasteiger partial charge in [0.15, 0.2) is 5.96 Å². The zero-order valence-corrected chi connectivity index (χ0v) is 15.1. The third-order valence-electron chi connectivity index (χ3n) is 3.21. The van der Waals surface area contributed by atoms with E-state index in [4.69, 9.17) is 4.74 Å². The van der Waals surface area contributed by atoms with Gasteiger partial charge in [0.05, 0.1) is 6.54 Å². The summed E-state index contributed by atoms with van der Waals surface area (Å²) in [4.78, 5) is 9.57. The summed E-state index contributed by atoms with van der Waals surface area (Å²) >= 11 is 1.81. The van der Waals surface area contributed by atoms with Crippen LogP contribution in [0.3, 0.4) is 0 Å². The van der Waals surface area contributed by atoms with Gasteiger partial charge in [-0.25, -0.2) is 4.99 Å². The van der Waals surface area contributed by atoms with Crippen LogP contribution in [0.15, 0.2) is 17.1 Å². The van der Waals surface area contributed by atoms with E-state index in [0.717, 1.165) is 51.7 Å². The van der Waals surface area contributed by atoms with Gasteiger partial charge in [0, 0.05) is 49.6 Å². The molecule has 1 rings (SSSR count). The molecular weight excluding hydrogens is 296 g/mol. The predicted octanol–water partition coefficient (Wildman–Crippen LogP) is 2.08. The number of aryl methyl sites for hydroxylation is 1. The summed E-state index contributed by atoms with van der Waals surface area (Å²) in [6.45, 7) is 9.57. The van der Waals surface area contributed by atoms with E-state index in [-0.39, 0.29) is 0 Å². The third-order valence-corrected chi connectivity index (χ3v) is 4.19. The summed E-state index contributed by atoms with van der Waals surface area (Å²) in [5.74, 6) is 0.888. The molecule has 0 saturated carbocycles. The molecule has 6 heteroatoms. The van der Waals surface area contributed by atoms with Gasteiger partial charge < -0.3 is 20.3 Å². The average molecular weight is 327 g/mol. The topological polar surface area (TPSA) is 48.9 Å². The van der Waals surface area contributed by atoms with Crippen LogP contribution in [0.4, 0.5) is 0 Å². The molecule has 1 aromatic rings. The van der Waals surface area contributed by atoms with Gasteiger partial charge in [-0.05, 0) is 39.4 Å². The first-order chi connectivity index (χ1) is 10.7. The van der Waals surface area contributed by atoms with Crippen molar-refractivity contribution < 1.29 is 4.74 Å². The number of likely N-dealkylation sites (N-methyl/N-ethyl adjacent to an activating group) is 1. The minimum Gasteiger partial charge on any atom is -0.385 e. The van der Waals surface area contributed by atoms with Crippen molar-refractivity contribution in [3.63, 3.8) is 0 Å². The number of rotatable bonds is 10. The van der Waals surface area contributed by atoms with Crippen LogP contribution in [0.2, 0.25) is 0 Å². The van der Waals surface area contributed by atoms with Gasteiger partial charge >= 0.3 is 0 Å². The Labute approximate surface area is 138 Å². The van der Waals surface area contributed by atoms with Gasteiger partial charge in [-0.2, -0.15) is 0 Å². The van der Waals surface area contributed by atoms with Crippen molar-refractivity contribution >= 4 is 17.3 Å². The Kier molecular flexibility index (Phi) is 9.86. The van der Waals surface area contributed by atoms with Gasteiger partial charge in [0.2, 0.25) is 0 Å². The van der Waals surface area contributed by atoms with Crippen molar-refractivity contribution in [1.82, 2.24) is 15.5 Å². The van der Waals surface area contributed by atoms with Crippen molar-refractivity contribution in [1.29, 1.82) is 0 Å². The molecule has 2 N–H and O–H groups in total. The van der Waals surface area contributed by atoms with Gasteiger partial charge in [0.25, 0.3) is 0 Å². The van der Waals surface area contributed by atoms with Crippen molar-refractivity contribution in [2.45, 2.75) is 26.8 Å². The first kappa shape index (κ1) is 18.9.